The largest absolute Gasteiger partial charge is 0.497 e. The number of ether oxygens (including phenoxy) is 3. The zero-order valence-corrected chi connectivity index (χ0v) is 16.4. The monoisotopic (exact) mass is 388 g/mol. The number of amides is 2. The summed E-state index contributed by atoms with van der Waals surface area (Å²) >= 11 is 0. The Morgan fingerprint density at radius 1 is 1.18 bits per heavy atom. The van der Waals surface area contributed by atoms with Crippen LogP contribution in [0, 0.1) is 5.92 Å². The Morgan fingerprint density at radius 3 is 2.43 bits per heavy atom. The van der Waals surface area contributed by atoms with Crippen molar-refractivity contribution in [1.29, 1.82) is 0 Å². The lowest BCUT2D eigenvalue weighted by Crippen LogP contribution is -2.50. The van der Waals surface area contributed by atoms with Crippen molar-refractivity contribution in [2.24, 2.45) is 5.92 Å². The highest BCUT2D eigenvalue weighted by atomic mass is 16.7. The van der Waals surface area contributed by atoms with Gasteiger partial charge in [-0.1, -0.05) is 12.1 Å². The molecule has 2 saturated heterocycles. The fourth-order valence-corrected chi connectivity index (χ4v) is 3.52. The van der Waals surface area contributed by atoms with Gasteiger partial charge in [0.05, 0.1) is 20.3 Å². The van der Waals surface area contributed by atoms with Gasteiger partial charge < -0.3 is 24.4 Å². The van der Waals surface area contributed by atoms with E-state index in [4.69, 9.17) is 14.2 Å². The normalized spacial score (nSPS) is 19.7. The first kappa shape index (κ1) is 20.4. The number of methoxy groups -OCH3 is 1. The molecule has 0 spiro atoms. The van der Waals surface area contributed by atoms with Crippen LogP contribution in [0.1, 0.15) is 25.3 Å². The number of benzene rings is 1. The van der Waals surface area contributed by atoms with Crippen molar-refractivity contribution in [3.8, 4) is 5.75 Å². The van der Waals surface area contributed by atoms with Crippen molar-refractivity contribution in [3.05, 3.63) is 35.9 Å². The Kier molecular flexibility index (Phi) is 7.06. The average molecular weight is 388 g/mol. The summed E-state index contributed by atoms with van der Waals surface area (Å²) < 4.78 is 16.2. The third-order valence-corrected chi connectivity index (χ3v) is 5.16. The molecule has 1 aromatic carbocycles. The van der Waals surface area contributed by atoms with Gasteiger partial charge in [0.1, 0.15) is 11.8 Å². The van der Waals surface area contributed by atoms with Crippen LogP contribution in [0.3, 0.4) is 0 Å². The standard InChI is InChI=1S/C21H28N2O5/c1-15(22-19(24)8-5-16-3-6-18(26-2)7-4-16)20(25)23-11-9-17(10-12-23)21-27-13-14-28-21/h3-8,15,17,21H,9-14H2,1-2H3,(H,22,24)/b8-5+. The van der Waals surface area contributed by atoms with Crippen LogP contribution < -0.4 is 10.1 Å². The fourth-order valence-electron chi connectivity index (χ4n) is 3.52. The Balaban J connectivity index is 1.44. The SMILES string of the molecule is COc1ccc(/C=C/C(=O)NC(C)C(=O)N2CCC(C3OCCO3)CC2)cc1. The molecule has 0 aromatic heterocycles. The number of carbonyl (C=O) groups excluding carboxylic acids is 2. The van der Waals surface area contributed by atoms with Gasteiger partial charge in [-0.2, -0.15) is 0 Å². The Hall–Kier alpha value is -2.38. The molecule has 1 aromatic rings. The summed E-state index contributed by atoms with van der Waals surface area (Å²) in [5, 5.41) is 2.75. The lowest BCUT2D eigenvalue weighted by molar-refractivity contribution is -0.140. The van der Waals surface area contributed by atoms with Gasteiger partial charge in [0, 0.05) is 25.1 Å². The molecular formula is C21H28N2O5. The van der Waals surface area contributed by atoms with Gasteiger partial charge >= 0.3 is 0 Å². The molecule has 1 atom stereocenters. The highest BCUT2D eigenvalue weighted by Gasteiger charge is 2.32. The van der Waals surface area contributed by atoms with Crippen molar-refractivity contribution in [2.75, 3.05) is 33.4 Å². The van der Waals surface area contributed by atoms with E-state index >= 15 is 0 Å². The van der Waals surface area contributed by atoms with Gasteiger partial charge in [0.25, 0.3) is 0 Å². The van der Waals surface area contributed by atoms with Gasteiger partial charge in [-0.25, -0.2) is 0 Å². The van der Waals surface area contributed by atoms with Crippen LogP contribution in [-0.4, -0.2) is 62.5 Å². The molecule has 152 valence electrons. The molecule has 2 fully saturated rings. The zero-order chi connectivity index (χ0) is 19.9. The molecule has 0 saturated carbocycles. The molecule has 0 radical (unpaired) electrons. The van der Waals surface area contributed by atoms with E-state index in [1.165, 1.54) is 6.08 Å². The Labute approximate surface area is 165 Å². The number of nitrogens with zero attached hydrogens (tertiary/aromatic N) is 1. The van der Waals surface area contributed by atoms with Crippen LogP contribution in [0.4, 0.5) is 0 Å². The van der Waals surface area contributed by atoms with E-state index in [1.54, 1.807) is 20.1 Å². The highest BCUT2D eigenvalue weighted by molar-refractivity contribution is 5.95. The summed E-state index contributed by atoms with van der Waals surface area (Å²) in [5.41, 5.74) is 0.883. The first-order valence-corrected chi connectivity index (χ1v) is 9.71. The van der Waals surface area contributed by atoms with Crippen LogP contribution in [0.2, 0.25) is 0 Å². The third-order valence-electron chi connectivity index (χ3n) is 5.16. The fraction of sp³-hybridized carbons (Fsp3) is 0.524. The molecule has 2 aliphatic rings. The lowest BCUT2D eigenvalue weighted by Gasteiger charge is -2.35. The number of hydrogen-bond donors (Lipinski definition) is 1. The maximum absolute atomic E-state index is 12.6. The van der Waals surface area contributed by atoms with Crippen molar-refractivity contribution in [3.63, 3.8) is 0 Å². The lowest BCUT2D eigenvalue weighted by atomic mass is 9.96. The Morgan fingerprint density at radius 2 is 1.82 bits per heavy atom. The summed E-state index contributed by atoms with van der Waals surface area (Å²) in [7, 11) is 1.61. The van der Waals surface area contributed by atoms with E-state index in [0.29, 0.717) is 32.2 Å². The second-order valence-corrected chi connectivity index (χ2v) is 7.11. The first-order valence-electron chi connectivity index (χ1n) is 9.71. The van der Waals surface area contributed by atoms with Crippen molar-refractivity contribution < 1.29 is 23.8 Å². The van der Waals surface area contributed by atoms with Gasteiger partial charge in [-0.15, -0.1) is 0 Å². The number of piperidine rings is 1. The summed E-state index contributed by atoms with van der Waals surface area (Å²) in [5.74, 6) is 0.747. The minimum Gasteiger partial charge on any atom is -0.497 e. The van der Waals surface area contributed by atoms with Crippen LogP contribution in [0.15, 0.2) is 30.3 Å². The highest BCUT2D eigenvalue weighted by Crippen LogP contribution is 2.26. The number of rotatable bonds is 6. The van der Waals surface area contributed by atoms with E-state index in [0.717, 1.165) is 24.2 Å². The van der Waals surface area contributed by atoms with Gasteiger partial charge in [0.2, 0.25) is 11.8 Å². The second-order valence-electron chi connectivity index (χ2n) is 7.11. The minimum atomic E-state index is -0.566. The number of hydrogen-bond acceptors (Lipinski definition) is 5. The molecule has 2 heterocycles. The topological polar surface area (TPSA) is 77.1 Å². The summed E-state index contributed by atoms with van der Waals surface area (Å²) in [4.78, 5) is 26.6. The number of likely N-dealkylation sites (tertiary alicyclic amines) is 1. The molecule has 0 aliphatic carbocycles. The van der Waals surface area contributed by atoms with Gasteiger partial charge in [-0.05, 0) is 43.5 Å². The van der Waals surface area contributed by atoms with E-state index in [1.807, 2.05) is 29.2 Å². The Bertz CT molecular complexity index is 689. The number of nitrogens with one attached hydrogen (secondary N) is 1. The quantitative estimate of drug-likeness (QED) is 0.753. The predicted molar refractivity (Wildman–Crippen MR) is 105 cm³/mol. The van der Waals surface area contributed by atoms with Crippen LogP contribution in [0.25, 0.3) is 6.08 Å². The van der Waals surface area contributed by atoms with E-state index in [9.17, 15) is 9.59 Å². The molecule has 0 bridgehead atoms. The van der Waals surface area contributed by atoms with E-state index < -0.39 is 6.04 Å². The maximum atomic E-state index is 12.6. The first-order chi connectivity index (χ1) is 13.6. The minimum absolute atomic E-state index is 0.0575. The number of carbonyl (C=O) groups is 2. The second kappa shape index (κ2) is 9.71. The van der Waals surface area contributed by atoms with Crippen LogP contribution in [-0.2, 0) is 19.1 Å². The summed E-state index contributed by atoms with van der Waals surface area (Å²) in [6, 6.07) is 6.81. The molecule has 28 heavy (non-hydrogen) atoms. The average Bonchev–Trinajstić information content (AvgIpc) is 3.27. The molecule has 1 unspecified atom stereocenters. The smallest absolute Gasteiger partial charge is 0.244 e. The summed E-state index contributed by atoms with van der Waals surface area (Å²) in [6.45, 7) is 4.34. The van der Waals surface area contributed by atoms with Crippen molar-refractivity contribution in [2.45, 2.75) is 32.1 Å². The predicted octanol–water partition coefficient (Wildman–Crippen LogP) is 1.82. The zero-order valence-electron chi connectivity index (χ0n) is 16.4. The van der Waals surface area contributed by atoms with Crippen LogP contribution in [0.5, 0.6) is 5.75 Å². The van der Waals surface area contributed by atoms with E-state index in [-0.39, 0.29) is 18.1 Å². The molecule has 1 N–H and O–H groups in total. The molecule has 3 rings (SSSR count). The molecule has 7 heteroatoms. The molecule has 7 nitrogen and oxygen atoms in total. The van der Waals surface area contributed by atoms with Crippen LogP contribution >= 0.6 is 0 Å². The van der Waals surface area contributed by atoms with Crippen molar-refractivity contribution >= 4 is 17.9 Å². The van der Waals surface area contributed by atoms with Crippen molar-refractivity contribution in [1.82, 2.24) is 10.2 Å². The maximum Gasteiger partial charge on any atom is 0.244 e. The van der Waals surface area contributed by atoms with E-state index in [2.05, 4.69) is 5.32 Å². The molecule has 2 amide bonds. The third kappa shape index (κ3) is 5.33. The molecular weight excluding hydrogens is 360 g/mol. The van der Waals surface area contributed by atoms with Gasteiger partial charge in [-0.3, -0.25) is 9.59 Å². The molecule has 2 aliphatic heterocycles. The summed E-state index contributed by atoms with van der Waals surface area (Å²) in [6.07, 6.45) is 4.73. The van der Waals surface area contributed by atoms with Gasteiger partial charge in [0.15, 0.2) is 6.29 Å².